The second-order valence-electron chi connectivity index (χ2n) is 7.23. The normalized spacial score (nSPS) is 15.5. The summed E-state index contributed by atoms with van der Waals surface area (Å²) in [5.41, 5.74) is 2.44. The first-order chi connectivity index (χ1) is 13.8. The lowest BCUT2D eigenvalue weighted by molar-refractivity contribution is 0.102. The fourth-order valence-corrected chi connectivity index (χ4v) is 4.39. The van der Waals surface area contributed by atoms with Gasteiger partial charge in [0.2, 0.25) is 0 Å². The number of pyridine rings is 1. The standard InChI is InChI=1S/C20H21ClN4O3S/c1-29(27,28)15-3-4-16(21)17(10-15)24-20(26)18-11-23-19-5-2-14(12-25(18)19)13-6-8-22-9-7-13/h2-5,10-13,22H,6-9H2,1H3,(H,24,26). The van der Waals surface area contributed by atoms with Gasteiger partial charge in [0.1, 0.15) is 11.3 Å². The quantitative estimate of drug-likeness (QED) is 0.660. The molecule has 0 atom stereocenters. The first-order valence-electron chi connectivity index (χ1n) is 9.31. The zero-order valence-electron chi connectivity index (χ0n) is 15.9. The van der Waals surface area contributed by atoms with Gasteiger partial charge in [-0.1, -0.05) is 17.7 Å². The van der Waals surface area contributed by atoms with Crippen LogP contribution in [-0.2, 0) is 9.84 Å². The van der Waals surface area contributed by atoms with Crippen molar-refractivity contribution in [3.05, 3.63) is 59.0 Å². The van der Waals surface area contributed by atoms with Crippen molar-refractivity contribution in [2.75, 3.05) is 24.7 Å². The summed E-state index contributed by atoms with van der Waals surface area (Å²) in [6.07, 6.45) is 6.67. The molecule has 7 nitrogen and oxygen atoms in total. The molecule has 4 rings (SSSR count). The number of anilines is 1. The van der Waals surface area contributed by atoms with E-state index >= 15 is 0 Å². The van der Waals surface area contributed by atoms with E-state index in [-0.39, 0.29) is 15.6 Å². The molecule has 3 heterocycles. The number of amides is 1. The van der Waals surface area contributed by atoms with Gasteiger partial charge in [-0.15, -0.1) is 0 Å². The molecule has 0 spiro atoms. The van der Waals surface area contributed by atoms with Gasteiger partial charge in [-0.3, -0.25) is 9.20 Å². The van der Waals surface area contributed by atoms with E-state index < -0.39 is 15.7 Å². The van der Waals surface area contributed by atoms with E-state index in [2.05, 4.69) is 21.7 Å². The molecule has 1 aliphatic heterocycles. The highest BCUT2D eigenvalue weighted by atomic mass is 35.5. The van der Waals surface area contributed by atoms with Gasteiger partial charge in [-0.25, -0.2) is 13.4 Å². The van der Waals surface area contributed by atoms with Crippen molar-refractivity contribution in [1.82, 2.24) is 14.7 Å². The Morgan fingerprint density at radius 3 is 2.72 bits per heavy atom. The summed E-state index contributed by atoms with van der Waals surface area (Å²) in [4.78, 5) is 17.3. The van der Waals surface area contributed by atoms with Crippen LogP contribution in [0, 0.1) is 0 Å². The van der Waals surface area contributed by atoms with Crippen LogP contribution < -0.4 is 10.6 Å². The van der Waals surface area contributed by atoms with Gasteiger partial charge < -0.3 is 10.6 Å². The van der Waals surface area contributed by atoms with Crippen molar-refractivity contribution in [3.63, 3.8) is 0 Å². The molecule has 0 unspecified atom stereocenters. The summed E-state index contributed by atoms with van der Waals surface area (Å²) in [6, 6.07) is 8.20. The van der Waals surface area contributed by atoms with Crippen molar-refractivity contribution < 1.29 is 13.2 Å². The predicted molar refractivity (Wildman–Crippen MR) is 113 cm³/mol. The number of hydrogen-bond acceptors (Lipinski definition) is 5. The first kappa shape index (κ1) is 19.9. The molecule has 1 aliphatic rings. The number of imidazole rings is 1. The molecular weight excluding hydrogens is 412 g/mol. The van der Waals surface area contributed by atoms with Crippen LogP contribution in [-0.4, -0.2) is 43.1 Å². The third-order valence-electron chi connectivity index (χ3n) is 5.19. The lowest BCUT2D eigenvalue weighted by Gasteiger charge is -2.23. The molecule has 2 aromatic heterocycles. The maximum atomic E-state index is 12.9. The molecular formula is C20H21ClN4O3S. The first-order valence-corrected chi connectivity index (χ1v) is 11.6. The Hall–Kier alpha value is -2.42. The number of piperidine rings is 1. The van der Waals surface area contributed by atoms with Gasteiger partial charge in [-0.2, -0.15) is 0 Å². The van der Waals surface area contributed by atoms with E-state index in [0.29, 0.717) is 17.3 Å². The largest absolute Gasteiger partial charge is 0.319 e. The molecule has 9 heteroatoms. The third-order valence-corrected chi connectivity index (χ3v) is 6.63. The van der Waals surface area contributed by atoms with Gasteiger partial charge in [0, 0.05) is 12.5 Å². The summed E-state index contributed by atoms with van der Waals surface area (Å²) in [7, 11) is -3.42. The number of nitrogens with one attached hydrogen (secondary N) is 2. The van der Waals surface area contributed by atoms with Gasteiger partial charge >= 0.3 is 0 Å². The van der Waals surface area contributed by atoms with E-state index in [1.54, 1.807) is 4.40 Å². The van der Waals surface area contributed by atoms with Gasteiger partial charge in [0.25, 0.3) is 5.91 Å². The van der Waals surface area contributed by atoms with E-state index in [1.165, 1.54) is 30.0 Å². The average Bonchev–Trinajstić information content (AvgIpc) is 3.13. The van der Waals surface area contributed by atoms with Crippen LogP contribution in [0.25, 0.3) is 5.65 Å². The molecule has 3 aromatic rings. The van der Waals surface area contributed by atoms with Gasteiger partial charge in [-0.05, 0) is 61.7 Å². The Morgan fingerprint density at radius 2 is 2.00 bits per heavy atom. The number of halogens is 1. The molecule has 0 aliphatic carbocycles. The number of carbonyl (C=O) groups excluding carboxylic acids is 1. The van der Waals surface area contributed by atoms with E-state index in [4.69, 9.17) is 11.6 Å². The summed E-state index contributed by atoms with van der Waals surface area (Å²) in [5.74, 6) is 0.0346. The molecule has 29 heavy (non-hydrogen) atoms. The minimum atomic E-state index is -3.42. The molecule has 1 saturated heterocycles. The van der Waals surface area contributed by atoms with Crippen LogP contribution >= 0.6 is 11.6 Å². The number of sulfone groups is 1. The topological polar surface area (TPSA) is 92.6 Å². The zero-order chi connectivity index (χ0) is 20.6. The zero-order valence-corrected chi connectivity index (χ0v) is 17.4. The molecule has 1 fully saturated rings. The average molecular weight is 433 g/mol. The van der Waals surface area contributed by atoms with Crippen LogP contribution in [0.4, 0.5) is 5.69 Å². The Bertz CT molecular complexity index is 1180. The summed E-state index contributed by atoms with van der Waals surface area (Å²) in [5, 5.41) is 6.32. The summed E-state index contributed by atoms with van der Waals surface area (Å²) >= 11 is 6.16. The van der Waals surface area contributed by atoms with Gasteiger partial charge in [0.05, 0.1) is 21.8 Å². The smallest absolute Gasteiger partial charge is 0.274 e. The Kier molecular flexibility index (Phi) is 5.33. The molecule has 2 N–H and O–H groups in total. The Balaban J connectivity index is 1.65. The minimum absolute atomic E-state index is 0.0866. The summed E-state index contributed by atoms with van der Waals surface area (Å²) < 4.78 is 25.4. The van der Waals surface area contributed by atoms with Crippen LogP contribution in [0.15, 0.2) is 47.6 Å². The van der Waals surface area contributed by atoms with Crippen LogP contribution in [0.5, 0.6) is 0 Å². The number of rotatable bonds is 4. The molecule has 152 valence electrons. The maximum Gasteiger partial charge on any atom is 0.274 e. The van der Waals surface area contributed by atoms with E-state index in [0.717, 1.165) is 32.2 Å². The number of carbonyl (C=O) groups is 1. The van der Waals surface area contributed by atoms with Crippen molar-refractivity contribution in [2.24, 2.45) is 0 Å². The number of nitrogens with zero attached hydrogens (tertiary/aromatic N) is 2. The minimum Gasteiger partial charge on any atom is -0.319 e. The number of benzene rings is 1. The van der Waals surface area contributed by atoms with Crippen LogP contribution in [0.2, 0.25) is 5.02 Å². The highest BCUT2D eigenvalue weighted by Gasteiger charge is 2.19. The van der Waals surface area contributed by atoms with E-state index in [9.17, 15) is 13.2 Å². The highest BCUT2D eigenvalue weighted by molar-refractivity contribution is 7.90. The second kappa shape index (κ2) is 7.78. The Morgan fingerprint density at radius 1 is 1.24 bits per heavy atom. The monoisotopic (exact) mass is 432 g/mol. The molecule has 0 radical (unpaired) electrons. The van der Waals surface area contributed by atoms with Crippen molar-refractivity contribution in [1.29, 1.82) is 0 Å². The molecule has 0 saturated carbocycles. The fraction of sp³-hybridized carbons (Fsp3) is 0.300. The van der Waals surface area contributed by atoms with Crippen LogP contribution in [0.1, 0.15) is 34.8 Å². The van der Waals surface area contributed by atoms with Crippen LogP contribution in [0.3, 0.4) is 0 Å². The van der Waals surface area contributed by atoms with E-state index in [1.807, 2.05) is 12.3 Å². The van der Waals surface area contributed by atoms with Crippen molar-refractivity contribution >= 4 is 38.7 Å². The third kappa shape index (κ3) is 4.14. The molecule has 0 bridgehead atoms. The highest BCUT2D eigenvalue weighted by Crippen LogP contribution is 2.27. The fourth-order valence-electron chi connectivity index (χ4n) is 3.58. The second-order valence-corrected chi connectivity index (χ2v) is 9.65. The SMILES string of the molecule is CS(=O)(=O)c1ccc(Cl)c(NC(=O)c2cnc3ccc(C4CCNCC4)cn23)c1. The van der Waals surface area contributed by atoms with Crippen molar-refractivity contribution in [3.8, 4) is 0 Å². The van der Waals surface area contributed by atoms with Gasteiger partial charge in [0.15, 0.2) is 9.84 Å². The lowest BCUT2D eigenvalue weighted by Crippen LogP contribution is -2.26. The Labute approximate surface area is 174 Å². The lowest BCUT2D eigenvalue weighted by atomic mass is 9.91. The van der Waals surface area contributed by atoms with Crippen molar-refractivity contribution in [2.45, 2.75) is 23.7 Å². The number of hydrogen-bond donors (Lipinski definition) is 2. The molecule has 1 amide bonds. The predicted octanol–water partition coefficient (Wildman–Crippen LogP) is 3.11. The summed E-state index contributed by atoms with van der Waals surface area (Å²) in [6.45, 7) is 1.96. The maximum absolute atomic E-state index is 12.9. The number of aromatic nitrogens is 2. The molecule has 1 aromatic carbocycles. The number of fused-ring (bicyclic) bond motifs is 1.